The average Bonchev–Trinajstić information content (AvgIpc) is 3.08. The molecule has 1 saturated heterocycles. The van der Waals surface area contributed by atoms with E-state index in [1.54, 1.807) is 12.4 Å². The number of nitrogens with one attached hydrogen (secondary N) is 2. The molecule has 2 aromatic rings. The lowest BCUT2D eigenvalue weighted by molar-refractivity contribution is -0.121. The summed E-state index contributed by atoms with van der Waals surface area (Å²) in [4.78, 5) is 24.4. The molecule has 4 aliphatic rings. The van der Waals surface area contributed by atoms with Gasteiger partial charge in [-0.1, -0.05) is 0 Å². The highest BCUT2D eigenvalue weighted by atomic mass is 16.6. The van der Waals surface area contributed by atoms with Crippen LogP contribution in [-0.4, -0.2) is 62.6 Å². The maximum absolute atomic E-state index is 13.3. The Morgan fingerprint density at radius 2 is 2.19 bits per heavy atom. The molecular formula is C21H26N6O4. The van der Waals surface area contributed by atoms with Crippen LogP contribution in [0.3, 0.4) is 0 Å². The summed E-state index contributed by atoms with van der Waals surface area (Å²) in [7, 11) is 0. The molecule has 2 aliphatic carbocycles. The van der Waals surface area contributed by atoms with Crippen LogP contribution in [0.4, 0.5) is 17.5 Å². The average molecular weight is 426 g/mol. The van der Waals surface area contributed by atoms with Crippen LogP contribution in [-0.2, 0) is 14.9 Å². The van der Waals surface area contributed by atoms with Crippen LogP contribution < -0.4 is 15.0 Å². The van der Waals surface area contributed by atoms with Crippen molar-refractivity contribution in [2.75, 3.05) is 23.4 Å². The molecular weight excluding hydrogens is 400 g/mol. The van der Waals surface area contributed by atoms with E-state index < -0.39 is 5.41 Å². The lowest BCUT2D eigenvalue weighted by Crippen LogP contribution is -2.44. The number of carbonyl (C=O) groups excluding carboxylic acids is 1. The highest BCUT2D eigenvalue weighted by molar-refractivity contribution is 6.09. The lowest BCUT2D eigenvalue weighted by Gasteiger charge is -2.33. The van der Waals surface area contributed by atoms with Crippen molar-refractivity contribution in [3.63, 3.8) is 0 Å². The van der Waals surface area contributed by atoms with Crippen LogP contribution >= 0.6 is 0 Å². The Hall–Kier alpha value is -2.72. The van der Waals surface area contributed by atoms with E-state index in [0.717, 1.165) is 44.1 Å². The summed E-state index contributed by atoms with van der Waals surface area (Å²) >= 11 is 0. The number of ether oxygens (including phenoxy) is 2. The molecule has 31 heavy (non-hydrogen) atoms. The molecule has 2 aromatic heterocycles. The van der Waals surface area contributed by atoms with Crippen molar-refractivity contribution in [2.45, 2.75) is 68.6 Å². The number of rotatable bonds is 5. The zero-order valence-corrected chi connectivity index (χ0v) is 17.2. The fourth-order valence-electron chi connectivity index (χ4n) is 5.06. The van der Waals surface area contributed by atoms with Crippen molar-refractivity contribution < 1.29 is 19.4 Å². The molecule has 3 fully saturated rings. The molecule has 2 aliphatic heterocycles. The van der Waals surface area contributed by atoms with Gasteiger partial charge in [0.25, 0.3) is 0 Å². The molecule has 3 atom stereocenters. The molecule has 0 unspecified atom stereocenters. The molecule has 10 heteroatoms. The monoisotopic (exact) mass is 426 g/mol. The van der Waals surface area contributed by atoms with Crippen LogP contribution in [0.5, 0.6) is 5.88 Å². The number of H-pyrrole nitrogens is 1. The molecule has 2 saturated carbocycles. The fraction of sp³-hybridized carbons (Fsp3) is 0.619. The van der Waals surface area contributed by atoms with Crippen LogP contribution in [0.2, 0.25) is 0 Å². The predicted molar refractivity (Wildman–Crippen MR) is 110 cm³/mol. The highest BCUT2D eigenvalue weighted by Gasteiger charge is 2.61. The fourth-order valence-corrected chi connectivity index (χ4v) is 5.06. The number of carbonyl (C=O) groups is 1. The number of hydrogen-bond donors (Lipinski definition) is 3. The first-order valence-electron chi connectivity index (χ1n) is 11.1. The number of nitrogens with zero attached hydrogens (tertiary/aromatic N) is 4. The molecule has 3 N–H and O–H groups in total. The highest BCUT2D eigenvalue weighted by Crippen LogP contribution is 2.57. The van der Waals surface area contributed by atoms with Gasteiger partial charge in [0, 0.05) is 24.2 Å². The summed E-state index contributed by atoms with van der Waals surface area (Å²) in [5.74, 6) is 1.69. The van der Waals surface area contributed by atoms with Crippen molar-refractivity contribution in [1.82, 2.24) is 20.2 Å². The van der Waals surface area contributed by atoms with E-state index in [4.69, 9.17) is 14.5 Å². The Balaban J connectivity index is 1.28. The third kappa shape index (κ3) is 3.16. The van der Waals surface area contributed by atoms with Gasteiger partial charge in [-0.05, 0) is 38.5 Å². The minimum absolute atomic E-state index is 0.0116. The van der Waals surface area contributed by atoms with Crippen molar-refractivity contribution in [1.29, 1.82) is 0 Å². The number of anilines is 3. The van der Waals surface area contributed by atoms with Gasteiger partial charge in [0.2, 0.25) is 17.7 Å². The number of amides is 1. The number of aliphatic hydroxyl groups excluding tert-OH is 1. The van der Waals surface area contributed by atoms with Gasteiger partial charge in [0.15, 0.2) is 0 Å². The first-order chi connectivity index (χ1) is 15.1. The van der Waals surface area contributed by atoms with Gasteiger partial charge >= 0.3 is 0 Å². The number of fused-ring (bicyclic) bond motifs is 2. The largest absolute Gasteiger partial charge is 0.471 e. The maximum atomic E-state index is 13.3. The topological polar surface area (TPSA) is 125 Å². The van der Waals surface area contributed by atoms with Crippen molar-refractivity contribution in [2.24, 2.45) is 0 Å². The van der Waals surface area contributed by atoms with E-state index in [0.29, 0.717) is 43.0 Å². The maximum Gasteiger partial charge on any atom is 0.239 e. The molecule has 0 radical (unpaired) electrons. The second kappa shape index (κ2) is 7.16. The van der Waals surface area contributed by atoms with Crippen LogP contribution in [0.15, 0.2) is 12.4 Å². The SMILES string of the molecule is O=C1N([C@@H]2CCC[C@@H](O)C2)c2nc(Nc3cn[nH]c3O[C@@H]3CCOC3)ncc2C12CC2. The van der Waals surface area contributed by atoms with E-state index in [2.05, 4.69) is 20.5 Å². The summed E-state index contributed by atoms with van der Waals surface area (Å²) in [5, 5.41) is 20.3. The van der Waals surface area contributed by atoms with E-state index in [1.165, 1.54) is 0 Å². The Morgan fingerprint density at radius 1 is 1.29 bits per heavy atom. The van der Waals surface area contributed by atoms with Crippen molar-refractivity contribution >= 4 is 23.4 Å². The van der Waals surface area contributed by atoms with Gasteiger partial charge in [0.05, 0.1) is 30.9 Å². The first-order valence-corrected chi connectivity index (χ1v) is 11.1. The minimum atomic E-state index is -0.456. The van der Waals surface area contributed by atoms with E-state index in [-0.39, 0.29) is 24.2 Å². The number of aliphatic hydroxyl groups is 1. The molecule has 1 spiro atoms. The summed E-state index contributed by atoms with van der Waals surface area (Å²) < 4.78 is 11.3. The second-order valence-electron chi connectivity index (χ2n) is 9.00. The van der Waals surface area contributed by atoms with Crippen LogP contribution in [0, 0.1) is 0 Å². The Bertz CT molecular complexity index is 1000. The van der Waals surface area contributed by atoms with E-state index >= 15 is 0 Å². The molecule has 0 bridgehead atoms. The van der Waals surface area contributed by atoms with Gasteiger partial charge in [-0.2, -0.15) is 10.1 Å². The summed E-state index contributed by atoms with van der Waals surface area (Å²) in [6.45, 7) is 1.25. The van der Waals surface area contributed by atoms with Crippen molar-refractivity contribution in [3.8, 4) is 5.88 Å². The van der Waals surface area contributed by atoms with Gasteiger partial charge in [-0.25, -0.2) is 10.1 Å². The van der Waals surface area contributed by atoms with Gasteiger partial charge in [0.1, 0.15) is 17.6 Å². The first kappa shape index (κ1) is 19.0. The smallest absolute Gasteiger partial charge is 0.239 e. The minimum Gasteiger partial charge on any atom is -0.471 e. The molecule has 4 heterocycles. The standard InChI is InChI=1S/C21H26N6O4/c28-13-3-1-2-12(8-13)27-17-15(21(5-6-21)19(27)29)9-22-20(25-17)24-16-10-23-26-18(16)31-14-4-7-30-11-14/h9-10,12-14,28H,1-8,11H2,(H,23,26)(H,22,24,25)/t12-,13-,14-/m1/s1. The molecule has 6 rings (SSSR count). The third-order valence-electron chi connectivity index (χ3n) is 6.90. The Labute approximate surface area is 179 Å². The molecule has 1 amide bonds. The van der Waals surface area contributed by atoms with Gasteiger partial charge in [-0.3, -0.25) is 9.69 Å². The van der Waals surface area contributed by atoms with Crippen LogP contribution in [0.25, 0.3) is 0 Å². The van der Waals surface area contributed by atoms with Gasteiger partial charge < -0.3 is 19.9 Å². The molecule has 164 valence electrons. The summed E-state index contributed by atoms with van der Waals surface area (Å²) in [6.07, 6.45) is 8.72. The molecule has 10 nitrogen and oxygen atoms in total. The number of hydrogen-bond acceptors (Lipinski definition) is 8. The molecule has 0 aromatic carbocycles. The quantitative estimate of drug-likeness (QED) is 0.661. The Morgan fingerprint density at radius 3 is 2.97 bits per heavy atom. The van der Waals surface area contributed by atoms with E-state index in [9.17, 15) is 9.90 Å². The second-order valence-corrected chi connectivity index (χ2v) is 9.00. The van der Waals surface area contributed by atoms with Gasteiger partial charge in [-0.15, -0.1) is 0 Å². The summed E-state index contributed by atoms with van der Waals surface area (Å²) in [5.41, 5.74) is 1.09. The van der Waals surface area contributed by atoms with E-state index in [1.807, 2.05) is 4.90 Å². The zero-order valence-electron chi connectivity index (χ0n) is 17.2. The predicted octanol–water partition coefficient (Wildman–Crippen LogP) is 1.79. The number of aromatic amines is 1. The van der Waals surface area contributed by atoms with Crippen molar-refractivity contribution in [3.05, 3.63) is 18.0 Å². The number of aromatic nitrogens is 4. The lowest BCUT2D eigenvalue weighted by atomic mass is 9.92. The normalized spacial score (nSPS) is 28.7. The van der Waals surface area contributed by atoms with Crippen LogP contribution in [0.1, 0.15) is 50.5 Å². The summed E-state index contributed by atoms with van der Waals surface area (Å²) in [6, 6.07) is -0.0205. The third-order valence-corrected chi connectivity index (χ3v) is 6.90. The Kier molecular flexibility index (Phi) is 4.39. The zero-order chi connectivity index (χ0) is 21.0.